The van der Waals surface area contributed by atoms with Crippen molar-refractivity contribution in [2.75, 3.05) is 6.54 Å². The zero-order valence-electron chi connectivity index (χ0n) is 11.9. The molecule has 1 heterocycles. The molecule has 0 aromatic rings. The molecule has 0 aliphatic carbocycles. The number of ether oxygens (including phenoxy) is 1. The summed E-state index contributed by atoms with van der Waals surface area (Å²) >= 11 is 0. The van der Waals surface area contributed by atoms with E-state index < -0.39 is 14.4 Å². The lowest BCUT2D eigenvalue weighted by atomic mass is 9.93. The molecule has 0 saturated carbocycles. The fourth-order valence-corrected chi connectivity index (χ4v) is 3.17. The predicted octanol–water partition coefficient (Wildman–Crippen LogP) is 0.0544. The molecule has 4 atom stereocenters. The van der Waals surface area contributed by atoms with Gasteiger partial charge < -0.3 is 20.0 Å². The van der Waals surface area contributed by atoms with Gasteiger partial charge in [-0.2, -0.15) is 0 Å². The molecule has 1 unspecified atom stereocenters. The first-order valence-electron chi connectivity index (χ1n) is 6.31. The Balaban J connectivity index is 2.75. The second-order valence-corrected chi connectivity index (χ2v) is 11.2. The SMILES string of the molecule is B[C@@H]1O[C@H](CN)C(O)[C@@H]1O[Si](C)(C)C(C)(C)C. The smallest absolute Gasteiger partial charge is 0.192 e. The molecule has 17 heavy (non-hydrogen) atoms. The van der Waals surface area contributed by atoms with Crippen molar-refractivity contribution >= 4 is 16.2 Å². The van der Waals surface area contributed by atoms with Gasteiger partial charge in [0.05, 0.1) is 18.2 Å². The van der Waals surface area contributed by atoms with Crippen LogP contribution in [0.1, 0.15) is 20.8 Å². The first kappa shape index (κ1) is 15.2. The van der Waals surface area contributed by atoms with Gasteiger partial charge in [-0.05, 0) is 18.1 Å². The van der Waals surface area contributed by atoms with E-state index in [0.717, 1.165) is 0 Å². The maximum atomic E-state index is 10.1. The minimum absolute atomic E-state index is 0.0901. The average Bonchev–Trinajstić information content (AvgIpc) is 2.43. The molecule has 1 saturated heterocycles. The van der Waals surface area contributed by atoms with E-state index in [-0.39, 0.29) is 23.2 Å². The maximum Gasteiger partial charge on any atom is 0.192 e. The summed E-state index contributed by atoms with van der Waals surface area (Å²) < 4.78 is 11.8. The molecule has 3 N–H and O–H groups in total. The number of hydrogen-bond acceptors (Lipinski definition) is 4. The van der Waals surface area contributed by atoms with Crippen LogP contribution in [0.3, 0.4) is 0 Å². The predicted molar refractivity (Wildman–Crippen MR) is 74.3 cm³/mol. The van der Waals surface area contributed by atoms with E-state index in [1.807, 2.05) is 7.85 Å². The van der Waals surface area contributed by atoms with Crippen molar-refractivity contribution in [2.24, 2.45) is 5.73 Å². The van der Waals surface area contributed by atoms with Crippen LogP contribution in [0.2, 0.25) is 18.1 Å². The normalized spacial score (nSPS) is 35.2. The van der Waals surface area contributed by atoms with Gasteiger partial charge in [0.2, 0.25) is 0 Å². The lowest BCUT2D eigenvalue weighted by molar-refractivity contribution is 0.0299. The van der Waals surface area contributed by atoms with Gasteiger partial charge in [-0.25, -0.2) is 0 Å². The topological polar surface area (TPSA) is 64.7 Å². The highest BCUT2D eigenvalue weighted by Crippen LogP contribution is 2.39. The number of nitrogens with two attached hydrogens (primary N) is 1. The Morgan fingerprint density at radius 2 is 1.94 bits per heavy atom. The molecule has 6 heteroatoms. The Labute approximate surface area is 106 Å². The van der Waals surface area contributed by atoms with Crippen molar-refractivity contribution < 1.29 is 14.3 Å². The molecule has 1 fully saturated rings. The summed E-state index contributed by atoms with van der Waals surface area (Å²) in [6.07, 6.45) is -1.15. The van der Waals surface area contributed by atoms with Crippen molar-refractivity contribution in [3.8, 4) is 0 Å². The van der Waals surface area contributed by atoms with Gasteiger partial charge in [-0.15, -0.1) is 0 Å². The fourth-order valence-electron chi connectivity index (χ4n) is 1.80. The van der Waals surface area contributed by atoms with Crippen molar-refractivity contribution in [1.82, 2.24) is 0 Å². The molecule has 0 spiro atoms. The molecule has 100 valence electrons. The summed E-state index contributed by atoms with van der Waals surface area (Å²) in [6, 6.07) is -0.0901. The van der Waals surface area contributed by atoms with Crippen LogP contribution in [-0.2, 0) is 9.16 Å². The Kier molecular flexibility index (Phi) is 4.48. The number of rotatable bonds is 3. The summed E-state index contributed by atoms with van der Waals surface area (Å²) in [6.45, 7) is 11.3. The number of aliphatic hydroxyl groups excluding tert-OH is 1. The Morgan fingerprint density at radius 3 is 2.29 bits per heavy atom. The highest BCUT2D eigenvalue weighted by molar-refractivity contribution is 6.74. The lowest BCUT2D eigenvalue weighted by Crippen LogP contribution is -2.49. The van der Waals surface area contributed by atoms with Gasteiger partial charge in [0.15, 0.2) is 8.32 Å². The molecular formula is C11H26BNO3Si. The second kappa shape index (κ2) is 5.01. The Morgan fingerprint density at radius 1 is 1.41 bits per heavy atom. The van der Waals surface area contributed by atoms with Crippen LogP contribution in [-0.4, -0.2) is 52.1 Å². The van der Waals surface area contributed by atoms with E-state index >= 15 is 0 Å². The first-order chi connectivity index (χ1) is 7.60. The zero-order chi connectivity index (χ0) is 13.4. The molecular weight excluding hydrogens is 233 g/mol. The third kappa shape index (κ3) is 3.12. The van der Waals surface area contributed by atoms with Crippen molar-refractivity contribution in [2.45, 2.75) is 63.2 Å². The molecule has 0 amide bonds. The molecule has 1 aliphatic rings. The molecule has 0 aromatic heterocycles. The zero-order valence-corrected chi connectivity index (χ0v) is 12.9. The lowest BCUT2D eigenvalue weighted by Gasteiger charge is -2.39. The van der Waals surface area contributed by atoms with E-state index in [9.17, 15) is 5.11 Å². The monoisotopic (exact) mass is 259 g/mol. The summed E-state index contributed by atoms with van der Waals surface area (Å²) in [5, 5.41) is 10.3. The highest BCUT2D eigenvalue weighted by Gasteiger charge is 2.47. The number of aliphatic hydroxyl groups is 1. The van der Waals surface area contributed by atoms with Gasteiger partial charge in [-0.1, -0.05) is 20.8 Å². The second-order valence-electron chi connectivity index (χ2n) is 6.45. The minimum atomic E-state index is -1.88. The standard InChI is InChI=1S/C11H26BNO3Si/c1-11(2,3)17(4,5)16-9-8(14)7(6-13)15-10(9)12/h7-10,14H,6,12-13H2,1-5H3/t7-,8?,9+,10-/m1/s1. The maximum absolute atomic E-state index is 10.1. The molecule has 1 rings (SSSR count). The quantitative estimate of drug-likeness (QED) is 0.703. The fraction of sp³-hybridized carbons (Fsp3) is 1.00. The van der Waals surface area contributed by atoms with Crippen LogP contribution in [0.25, 0.3) is 0 Å². The van der Waals surface area contributed by atoms with Gasteiger partial charge in [-0.3, -0.25) is 0 Å². The number of hydrogen-bond donors (Lipinski definition) is 2. The van der Waals surface area contributed by atoms with Gasteiger partial charge >= 0.3 is 0 Å². The molecule has 0 radical (unpaired) electrons. The third-order valence-electron chi connectivity index (χ3n) is 4.04. The van der Waals surface area contributed by atoms with E-state index in [1.54, 1.807) is 0 Å². The molecule has 0 bridgehead atoms. The molecule has 0 aromatic carbocycles. The van der Waals surface area contributed by atoms with Crippen molar-refractivity contribution in [1.29, 1.82) is 0 Å². The van der Waals surface area contributed by atoms with E-state index in [4.69, 9.17) is 14.9 Å². The largest absolute Gasteiger partial charge is 0.409 e. The van der Waals surface area contributed by atoms with Gasteiger partial charge in [0.25, 0.3) is 0 Å². The first-order valence-corrected chi connectivity index (χ1v) is 9.22. The van der Waals surface area contributed by atoms with Crippen molar-refractivity contribution in [3.05, 3.63) is 0 Å². The van der Waals surface area contributed by atoms with Gasteiger partial charge in [0, 0.05) is 6.54 Å². The van der Waals surface area contributed by atoms with Crippen LogP contribution in [0.5, 0.6) is 0 Å². The van der Waals surface area contributed by atoms with E-state index in [1.165, 1.54) is 0 Å². The third-order valence-corrected chi connectivity index (χ3v) is 8.51. The Hall–Kier alpha value is 0.122. The van der Waals surface area contributed by atoms with Gasteiger partial charge in [0.1, 0.15) is 14.0 Å². The minimum Gasteiger partial charge on any atom is -0.409 e. The van der Waals surface area contributed by atoms with Crippen LogP contribution in [0.4, 0.5) is 0 Å². The molecule has 1 aliphatic heterocycles. The summed E-state index contributed by atoms with van der Waals surface area (Å²) in [7, 11) is 0.0645. The van der Waals surface area contributed by atoms with Crippen LogP contribution in [0, 0.1) is 0 Å². The van der Waals surface area contributed by atoms with Crippen molar-refractivity contribution in [3.63, 3.8) is 0 Å². The highest BCUT2D eigenvalue weighted by atomic mass is 28.4. The Bertz CT molecular complexity index is 270. The average molecular weight is 259 g/mol. The van der Waals surface area contributed by atoms with Crippen LogP contribution >= 0.6 is 0 Å². The molecule has 4 nitrogen and oxygen atoms in total. The summed E-state index contributed by atoms with van der Waals surface area (Å²) in [4.78, 5) is 0. The van der Waals surface area contributed by atoms with Crippen LogP contribution < -0.4 is 5.73 Å². The van der Waals surface area contributed by atoms with E-state index in [0.29, 0.717) is 6.54 Å². The summed E-state index contributed by atoms with van der Waals surface area (Å²) in [5.41, 5.74) is 5.57. The van der Waals surface area contributed by atoms with Crippen LogP contribution in [0.15, 0.2) is 0 Å². The van der Waals surface area contributed by atoms with E-state index in [2.05, 4.69) is 33.9 Å². The summed E-state index contributed by atoms with van der Waals surface area (Å²) in [5.74, 6) is 0.